The third kappa shape index (κ3) is 4.57. The maximum Gasteiger partial charge on any atom is 0.335 e. The minimum atomic E-state index is -0.956. The first kappa shape index (κ1) is 15.0. The lowest BCUT2D eigenvalue weighted by atomic mass is 10.2. The van der Waals surface area contributed by atoms with Crippen molar-refractivity contribution in [3.8, 4) is 5.75 Å². The van der Waals surface area contributed by atoms with Gasteiger partial charge in [-0.1, -0.05) is 12.1 Å². The molecule has 21 heavy (non-hydrogen) atoms. The van der Waals surface area contributed by atoms with Gasteiger partial charge in [0.2, 0.25) is 0 Å². The van der Waals surface area contributed by atoms with E-state index in [1.54, 1.807) is 18.3 Å². The van der Waals surface area contributed by atoms with E-state index in [0.717, 1.165) is 5.69 Å². The molecule has 1 aromatic heterocycles. The number of benzene rings is 1. The number of ether oxygens (including phenoxy) is 1. The molecule has 0 aliphatic heterocycles. The van der Waals surface area contributed by atoms with Crippen LogP contribution < -0.4 is 10.1 Å². The van der Waals surface area contributed by atoms with Gasteiger partial charge in [-0.2, -0.15) is 0 Å². The number of nitrogens with zero attached hydrogens (tertiary/aromatic N) is 1. The van der Waals surface area contributed by atoms with Crippen LogP contribution >= 0.6 is 0 Å². The van der Waals surface area contributed by atoms with E-state index < -0.39 is 5.97 Å². The molecule has 2 N–H and O–H groups in total. The molecule has 2 aromatic rings. The molecule has 2 rings (SSSR count). The Bertz CT molecular complexity index is 587. The molecule has 1 unspecified atom stereocenters. The number of carbonyl (C=O) groups is 1. The minimum Gasteiger partial charge on any atom is -0.492 e. The van der Waals surface area contributed by atoms with Gasteiger partial charge in [0.25, 0.3) is 0 Å². The van der Waals surface area contributed by atoms with Crippen LogP contribution in [0.15, 0.2) is 48.7 Å². The van der Waals surface area contributed by atoms with Gasteiger partial charge in [-0.3, -0.25) is 4.98 Å². The number of hydrogen-bond acceptors (Lipinski definition) is 4. The number of nitrogens with one attached hydrogen (secondary N) is 1. The molecular weight excluding hydrogens is 268 g/mol. The zero-order valence-corrected chi connectivity index (χ0v) is 11.8. The summed E-state index contributed by atoms with van der Waals surface area (Å²) >= 11 is 0. The predicted octanol–water partition coefficient (Wildman–Crippen LogP) is 2.51. The first-order chi connectivity index (χ1) is 10.2. The average Bonchev–Trinajstić information content (AvgIpc) is 2.52. The van der Waals surface area contributed by atoms with Gasteiger partial charge >= 0.3 is 5.97 Å². The van der Waals surface area contributed by atoms with Crippen LogP contribution in [-0.4, -0.2) is 29.2 Å². The van der Waals surface area contributed by atoms with Crippen molar-refractivity contribution in [3.63, 3.8) is 0 Å². The van der Waals surface area contributed by atoms with Crippen molar-refractivity contribution in [2.24, 2.45) is 0 Å². The quantitative estimate of drug-likeness (QED) is 0.765. The van der Waals surface area contributed by atoms with Crippen LogP contribution in [0.2, 0.25) is 0 Å². The number of aromatic carboxylic acids is 1. The third-order valence-corrected chi connectivity index (χ3v) is 3.03. The van der Waals surface area contributed by atoms with Gasteiger partial charge in [0.1, 0.15) is 12.4 Å². The third-order valence-electron chi connectivity index (χ3n) is 3.03. The van der Waals surface area contributed by atoms with Gasteiger partial charge in [0, 0.05) is 18.8 Å². The van der Waals surface area contributed by atoms with Crippen molar-refractivity contribution in [2.45, 2.75) is 13.0 Å². The number of carboxylic acids is 1. The van der Waals surface area contributed by atoms with Crippen molar-refractivity contribution >= 4 is 5.97 Å². The van der Waals surface area contributed by atoms with Gasteiger partial charge in [-0.15, -0.1) is 0 Å². The zero-order valence-electron chi connectivity index (χ0n) is 11.8. The molecule has 0 saturated carbocycles. The number of pyridine rings is 1. The molecule has 1 aromatic carbocycles. The molecule has 5 nitrogen and oxygen atoms in total. The Morgan fingerprint density at radius 3 is 2.90 bits per heavy atom. The van der Waals surface area contributed by atoms with Gasteiger partial charge in [-0.05, 0) is 37.3 Å². The monoisotopic (exact) mass is 286 g/mol. The second-order valence-electron chi connectivity index (χ2n) is 4.61. The number of carboxylic acid groups (broad SMARTS) is 1. The van der Waals surface area contributed by atoms with E-state index in [2.05, 4.69) is 10.3 Å². The van der Waals surface area contributed by atoms with Crippen LogP contribution in [-0.2, 0) is 0 Å². The molecule has 0 amide bonds. The van der Waals surface area contributed by atoms with E-state index in [1.807, 2.05) is 25.1 Å². The summed E-state index contributed by atoms with van der Waals surface area (Å²) in [4.78, 5) is 15.1. The fraction of sp³-hybridized carbons (Fsp3) is 0.250. The summed E-state index contributed by atoms with van der Waals surface area (Å²) in [7, 11) is 0. The maximum atomic E-state index is 10.9. The fourth-order valence-electron chi connectivity index (χ4n) is 1.90. The maximum absolute atomic E-state index is 10.9. The van der Waals surface area contributed by atoms with Crippen molar-refractivity contribution in [3.05, 3.63) is 59.9 Å². The summed E-state index contributed by atoms with van der Waals surface area (Å²) < 4.78 is 5.54. The molecule has 0 spiro atoms. The molecule has 0 radical (unpaired) electrons. The summed E-state index contributed by atoms with van der Waals surface area (Å²) in [5.74, 6) is -0.399. The van der Waals surface area contributed by atoms with Crippen molar-refractivity contribution < 1.29 is 14.6 Å². The molecule has 0 saturated heterocycles. The second-order valence-corrected chi connectivity index (χ2v) is 4.61. The SMILES string of the molecule is CC(NCCOc1cccc(C(=O)O)c1)c1ccccn1. The Hall–Kier alpha value is -2.40. The molecule has 5 heteroatoms. The first-order valence-corrected chi connectivity index (χ1v) is 6.77. The molecule has 110 valence electrons. The van der Waals surface area contributed by atoms with E-state index in [0.29, 0.717) is 18.9 Å². The number of rotatable bonds is 7. The van der Waals surface area contributed by atoms with Crippen molar-refractivity contribution in [1.82, 2.24) is 10.3 Å². The highest BCUT2D eigenvalue weighted by atomic mass is 16.5. The normalized spacial score (nSPS) is 11.9. The van der Waals surface area contributed by atoms with E-state index in [1.165, 1.54) is 12.1 Å². The summed E-state index contributed by atoms with van der Waals surface area (Å²) in [6.07, 6.45) is 1.77. The van der Waals surface area contributed by atoms with E-state index in [-0.39, 0.29) is 11.6 Å². The van der Waals surface area contributed by atoms with Crippen molar-refractivity contribution in [2.75, 3.05) is 13.2 Å². The molecule has 0 bridgehead atoms. The largest absolute Gasteiger partial charge is 0.492 e. The summed E-state index contributed by atoms with van der Waals surface area (Å²) in [6, 6.07) is 12.4. The lowest BCUT2D eigenvalue weighted by molar-refractivity contribution is 0.0696. The van der Waals surface area contributed by atoms with Crippen LogP contribution in [0, 0.1) is 0 Å². The highest BCUT2D eigenvalue weighted by Gasteiger charge is 2.06. The zero-order chi connectivity index (χ0) is 15.1. The Morgan fingerprint density at radius 2 is 2.19 bits per heavy atom. The second kappa shape index (κ2) is 7.40. The topological polar surface area (TPSA) is 71.5 Å². The average molecular weight is 286 g/mol. The van der Waals surface area contributed by atoms with Crippen LogP contribution in [0.1, 0.15) is 29.0 Å². The summed E-state index contributed by atoms with van der Waals surface area (Å²) in [5, 5.41) is 12.2. The molecule has 1 heterocycles. The Balaban J connectivity index is 1.77. The number of aromatic nitrogens is 1. The molecule has 0 aliphatic rings. The predicted molar refractivity (Wildman–Crippen MR) is 79.6 cm³/mol. The Labute approximate surface area is 123 Å². The fourth-order valence-corrected chi connectivity index (χ4v) is 1.90. The standard InChI is InChI=1S/C16H18N2O3/c1-12(15-7-2-3-8-18-15)17-9-10-21-14-6-4-5-13(11-14)16(19)20/h2-8,11-12,17H,9-10H2,1H3,(H,19,20). The molecule has 0 aliphatic carbocycles. The first-order valence-electron chi connectivity index (χ1n) is 6.77. The van der Waals surface area contributed by atoms with Crippen LogP contribution in [0.3, 0.4) is 0 Å². The Kier molecular flexibility index (Phi) is 5.29. The molecule has 0 fully saturated rings. The van der Waals surface area contributed by atoms with E-state index in [9.17, 15) is 4.79 Å². The smallest absolute Gasteiger partial charge is 0.335 e. The van der Waals surface area contributed by atoms with Crippen LogP contribution in [0.5, 0.6) is 5.75 Å². The van der Waals surface area contributed by atoms with Gasteiger partial charge in [0.15, 0.2) is 0 Å². The van der Waals surface area contributed by atoms with Crippen molar-refractivity contribution in [1.29, 1.82) is 0 Å². The van der Waals surface area contributed by atoms with E-state index >= 15 is 0 Å². The summed E-state index contributed by atoms with van der Waals surface area (Å²) in [6.45, 7) is 3.14. The van der Waals surface area contributed by atoms with Crippen LogP contribution in [0.25, 0.3) is 0 Å². The van der Waals surface area contributed by atoms with Gasteiger partial charge in [0.05, 0.1) is 11.3 Å². The highest BCUT2D eigenvalue weighted by Crippen LogP contribution is 2.13. The van der Waals surface area contributed by atoms with E-state index in [4.69, 9.17) is 9.84 Å². The highest BCUT2D eigenvalue weighted by molar-refractivity contribution is 5.87. The van der Waals surface area contributed by atoms with Gasteiger partial charge < -0.3 is 15.2 Å². The molecular formula is C16H18N2O3. The minimum absolute atomic E-state index is 0.139. The Morgan fingerprint density at radius 1 is 1.33 bits per heavy atom. The summed E-state index contributed by atoms with van der Waals surface area (Å²) in [5.41, 5.74) is 1.20. The lowest BCUT2D eigenvalue weighted by Gasteiger charge is -2.13. The number of hydrogen-bond donors (Lipinski definition) is 2. The van der Waals surface area contributed by atoms with Gasteiger partial charge in [-0.25, -0.2) is 4.79 Å². The molecule has 1 atom stereocenters. The van der Waals surface area contributed by atoms with Crippen LogP contribution in [0.4, 0.5) is 0 Å². The lowest BCUT2D eigenvalue weighted by Crippen LogP contribution is -2.24.